The van der Waals surface area contributed by atoms with Gasteiger partial charge in [0.2, 0.25) is 0 Å². The van der Waals surface area contributed by atoms with Crippen LogP contribution in [-0.4, -0.2) is 48.4 Å². The van der Waals surface area contributed by atoms with Crippen molar-refractivity contribution in [2.45, 2.75) is 46.3 Å². The summed E-state index contributed by atoms with van der Waals surface area (Å²) in [5, 5.41) is 7.33. The van der Waals surface area contributed by atoms with Crippen LogP contribution in [-0.2, 0) is 11.3 Å². The molecule has 7 heteroatoms. The summed E-state index contributed by atoms with van der Waals surface area (Å²) >= 11 is 0. The average molecular weight is 422 g/mol. The first-order valence-electron chi connectivity index (χ1n) is 7.80. The van der Waals surface area contributed by atoms with E-state index in [1.807, 2.05) is 13.0 Å². The van der Waals surface area contributed by atoms with Gasteiger partial charge in [-0.3, -0.25) is 0 Å². The summed E-state index contributed by atoms with van der Waals surface area (Å²) in [5.74, 6) is 1.77. The number of rotatable bonds is 5. The van der Waals surface area contributed by atoms with Crippen LogP contribution in [0.25, 0.3) is 0 Å². The van der Waals surface area contributed by atoms with Crippen LogP contribution in [0.2, 0.25) is 0 Å². The van der Waals surface area contributed by atoms with Crippen molar-refractivity contribution in [2.75, 3.05) is 26.2 Å². The largest absolute Gasteiger partial charge is 0.378 e. The van der Waals surface area contributed by atoms with E-state index in [-0.39, 0.29) is 24.0 Å². The maximum absolute atomic E-state index is 5.69. The van der Waals surface area contributed by atoms with Crippen molar-refractivity contribution in [3.05, 3.63) is 17.5 Å². The fourth-order valence-corrected chi connectivity index (χ4v) is 2.54. The van der Waals surface area contributed by atoms with Crippen molar-refractivity contribution in [1.82, 2.24) is 15.4 Å². The Morgan fingerprint density at radius 2 is 2.18 bits per heavy atom. The molecule has 1 aliphatic heterocycles. The highest BCUT2D eigenvalue weighted by Gasteiger charge is 2.21. The zero-order chi connectivity index (χ0) is 15.1. The van der Waals surface area contributed by atoms with Crippen LogP contribution in [0.1, 0.15) is 38.1 Å². The molecule has 0 bridgehead atoms. The van der Waals surface area contributed by atoms with Crippen LogP contribution in [0.3, 0.4) is 0 Å². The third-order valence-corrected chi connectivity index (χ3v) is 3.55. The highest BCUT2D eigenvalue weighted by Crippen LogP contribution is 2.14. The maximum atomic E-state index is 5.69. The molecule has 0 amide bonds. The van der Waals surface area contributed by atoms with Gasteiger partial charge in [-0.1, -0.05) is 5.16 Å². The van der Waals surface area contributed by atoms with Crippen LogP contribution in [0, 0.1) is 6.92 Å². The topological polar surface area (TPSA) is 62.9 Å². The lowest BCUT2D eigenvalue weighted by Gasteiger charge is -2.34. The van der Waals surface area contributed by atoms with Crippen molar-refractivity contribution in [3.8, 4) is 0 Å². The highest BCUT2D eigenvalue weighted by molar-refractivity contribution is 14.0. The third kappa shape index (κ3) is 5.75. The number of likely N-dealkylation sites (tertiary alicyclic amines) is 1. The number of hydrogen-bond donors (Lipinski definition) is 1. The minimum Gasteiger partial charge on any atom is -0.378 e. The van der Waals surface area contributed by atoms with Crippen molar-refractivity contribution >= 4 is 29.9 Å². The smallest absolute Gasteiger partial charge is 0.194 e. The van der Waals surface area contributed by atoms with Gasteiger partial charge in [0.05, 0.1) is 12.6 Å². The van der Waals surface area contributed by atoms with Gasteiger partial charge in [-0.25, -0.2) is 4.99 Å². The molecule has 2 rings (SSSR count). The highest BCUT2D eigenvalue weighted by atomic mass is 127. The number of hydrogen-bond acceptors (Lipinski definition) is 4. The van der Waals surface area contributed by atoms with E-state index < -0.39 is 0 Å². The maximum Gasteiger partial charge on any atom is 0.194 e. The molecule has 2 heterocycles. The normalized spacial score (nSPS) is 16.5. The molecule has 1 N–H and O–H groups in total. The minimum atomic E-state index is 0. The molecule has 0 radical (unpaired) electrons. The Labute approximate surface area is 149 Å². The standard InChI is InChI=1S/C15H26N4O2.HI/c1-4-16-15(17-11-13-10-12(3)21-18-13)19-8-6-14(7-9-19)20-5-2;/h10,14H,4-9,11H2,1-3H3,(H,16,17);1H. The summed E-state index contributed by atoms with van der Waals surface area (Å²) in [7, 11) is 0. The van der Waals surface area contributed by atoms with Crippen molar-refractivity contribution in [2.24, 2.45) is 4.99 Å². The predicted octanol–water partition coefficient (Wildman–Crippen LogP) is 2.57. The number of nitrogens with zero attached hydrogens (tertiary/aromatic N) is 3. The Hall–Kier alpha value is -0.830. The summed E-state index contributed by atoms with van der Waals surface area (Å²) in [6.07, 6.45) is 2.51. The summed E-state index contributed by atoms with van der Waals surface area (Å²) in [6, 6.07) is 1.92. The Morgan fingerprint density at radius 3 is 2.73 bits per heavy atom. The van der Waals surface area contributed by atoms with E-state index in [0.29, 0.717) is 12.6 Å². The van der Waals surface area contributed by atoms with E-state index in [1.54, 1.807) is 0 Å². The van der Waals surface area contributed by atoms with Gasteiger partial charge >= 0.3 is 0 Å². The quantitative estimate of drug-likeness (QED) is 0.449. The van der Waals surface area contributed by atoms with E-state index in [9.17, 15) is 0 Å². The molecule has 1 fully saturated rings. The summed E-state index contributed by atoms with van der Waals surface area (Å²) in [5.41, 5.74) is 0.868. The zero-order valence-corrected chi connectivity index (χ0v) is 16.0. The van der Waals surface area contributed by atoms with Crippen molar-refractivity contribution < 1.29 is 9.26 Å². The Balaban J connectivity index is 0.00000242. The fraction of sp³-hybridized carbons (Fsp3) is 0.733. The summed E-state index contributed by atoms with van der Waals surface area (Å²) in [4.78, 5) is 6.96. The van der Waals surface area contributed by atoms with Crippen LogP contribution in [0.4, 0.5) is 0 Å². The van der Waals surface area contributed by atoms with Gasteiger partial charge in [-0.2, -0.15) is 0 Å². The van der Waals surface area contributed by atoms with Gasteiger partial charge in [0.25, 0.3) is 0 Å². The van der Waals surface area contributed by atoms with E-state index in [0.717, 1.165) is 56.5 Å². The van der Waals surface area contributed by atoms with Gasteiger partial charge in [-0.15, -0.1) is 24.0 Å². The monoisotopic (exact) mass is 422 g/mol. The molecule has 1 aromatic rings. The zero-order valence-electron chi connectivity index (χ0n) is 13.7. The van der Waals surface area contributed by atoms with Crippen LogP contribution >= 0.6 is 24.0 Å². The van der Waals surface area contributed by atoms with E-state index in [1.165, 1.54) is 0 Å². The second kappa shape index (κ2) is 10.0. The second-order valence-electron chi connectivity index (χ2n) is 5.24. The lowest BCUT2D eigenvalue weighted by atomic mass is 10.1. The predicted molar refractivity (Wildman–Crippen MR) is 97.7 cm³/mol. The number of halogens is 1. The molecule has 0 unspecified atom stereocenters. The summed E-state index contributed by atoms with van der Waals surface area (Å²) < 4.78 is 10.8. The molecule has 6 nitrogen and oxygen atoms in total. The molecule has 1 saturated heterocycles. The average Bonchev–Trinajstić information content (AvgIpc) is 2.90. The Kier molecular flexibility index (Phi) is 8.77. The van der Waals surface area contributed by atoms with Crippen molar-refractivity contribution in [3.63, 3.8) is 0 Å². The molecule has 0 aliphatic carbocycles. The van der Waals surface area contributed by atoms with Crippen LogP contribution < -0.4 is 5.32 Å². The van der Waals surface area contributed by atoms with E-state index in [4.69, 9.17) is 9.26 Å². The molecule has 0 atom stereocenters. The number of ether oxygens (including phenoxy) is 1. The van der Waals surface area contributed by atoms with Gasteiger partial charge in [0.15, 0.2) is 5.96 Å². The molecular formula is C15H27IN4O2. The number of nitrogens with one attached hydrogen (secondary N) is 1. The number of aliphatic imine (C=N–C) groups is 1. The minimum absolute atomic E-state index is 0. The number of piperidine rings is 1. The van der Waals surface area contributed by atoms with Crippen LogP contribution in [0.15, 0.2) is 15.6 Å². The lowest BCUT2D eigenvalue weighted by molar-refractivity contribution is 0.0263. The van der Waals surface area contributed by atoms with Gasteiger partial charge in [0.1, 0.15) is 11.5 Å². The fourth-order valence-electron chi connectivity index (χ4n) is 2.54. The van der Waals surface area contributed by atoms with E-state index in [2.05, 4.69) is 34.2 Å². The van der Waals surface area contributed by atoms with Crippen LogP contribution in [0.5, 0.6) is 0 Å². The van der Waals surface area contributed by atoms with Gasteiger partial charge in [-0.05, 0) is 33.6 Å². The molecule has 0 saturated carbocycles. The number of aryl methyl sites for hydroxylation is 1. The van der Waals surface area contributed by atoms with Gasteiger partial charge in [0, 0.05) is 32.3 Å². The third-order valence-electron chi connectivity index (χ3n) is 3.55. The first-order valence-corrected chi connectivity index (χ1v) is 7.80. The molecule has 22 heavy (non-hydrogen) atoms. The molecular weight excluding hydrogens is 395 g/mol. The molecule has 126 valence electrons. The first-order chi connectivity index (χ1) is 10.2. The number of guanidine groups is 1. The molecule has 0 spiro atoms. The number of aromatic nitrogens is 1. The Bertz CT molecular complexity index is 456. The van der Waals surface area contributed by atoms with E-state index >= 15 is 0 Å². The molecule has 1 aliphatic rings. The van der Waals surface area contributed by atoms with Crippen molar-refractivity contribution in [1.29, 1.82) is 0 Å². The van der Waals surface area contributed by atoms with Gasteiger partial charge < -0.3 is 19.5 Å². The molecule has 1 aromatic heterocycles. The lowest BCUT2D eigenvalue weighted by Crippen LogP contribution is -2.47. The SMILES string of the molecule is CCNC(=NCc1cc(C)on1)N1CCC(OCC)CC1.I. The molecule has 0 aromatic carbocycles. The first kappa shape index (κ1) is 19.2. The summed E-state index contributed by atoms with van der Waals surface area (Å²) in [6.45, 7) is 10.2. The Morgan fingerprint density at radius 1 is 1.45 bits per heavy atom. The second-order valence-corrected chi connectivity index (χ2v) is 5.24.